The van der Waals surface area contributed by atoms with Crippen molar-refractivity contribution < 1.29 is 35.2 Å². The Balaban J connectivity index is 3.00. The Morgan fingerprint density at radius 3 is 2.24 bits per heavy atom. The molecule has 0 spiro atoms. The lowest BCUT2D eigenvalue weighted by atomic mass is 10.2. The summed E-state index contributed by atoms with van der Waals surface area (Å²) in [5, 5.41) is 1.74. The lowest BCUT2D eigenvalue weighted by Crippen LogP contribution is -2.28. The molecule has 0 fully saturated rings. The summed E-state index contributed by atoms with van der Waals surface area (Å²) in [6.45, 7) is -0.845. The summed E-state index contributed by atoms with van der Waals surface area (Å²) in [5.41, 5.74) is -0.933. The van der Waals surface area contributed by atoms with Crippen molar-refractivity contribution in [3.05, 3.63) is 29.3 Å². The maximum Gasteiger partial charge on any atom is 0.390 e. The summed E-state index contributed by atoms with van der Waals surface area (Å²) >= 11 is 0. The first-order valence-corrected chi connectivity index (χ1v) is 7.51. The summed E-state index contributed by atoms with van der Waals surface area (Å²) in [7, 11) is 0.307. The van der Waals surface area contributed by atoms with Crippen LogP contribution in [0.25, 0.3) is 0 Å². The Morgan fingerprint density at radius 2 is 1.76 bits per heavy atom. The molecular formula is C10H7ClF5NO3S. The number of carbonyl (C=O) groups excluding carboxylic acids is 1. The van der Waals surface area contributed by atoms with E-state index in [2.05, 4.69) is 0 Å². The lowest BCUT2D eigenvalue weighted by molar-refractivity contribution is -0.132. The molecule has 0 aliphatic carbocycles. The minimum absolute atomic E-state index is 0.105. The Labute approximate surface area is 120 Å². The van der Waals surface area contributed by atoms with Gasteiger partial charge < -0.3 is 5.32 Å². The van der Waals surface area contributed by atoms with Crippen molar-refractivity contribution in [2.24, 2.45) is 0 Å². The summed E-state index contributed by atoms with van der Waals surface area (Å²) < 4.78 is 84.3. The molecule has 1 amide bonds. The van der Waals surface area contributed by atoms with Crippen LogP contribution in [0.4, 0.5) is 22.0 Å². The van der Waals surface area contributed by atoms with Crippen LogP contribution in [0.3, 0.4) is 0 Å². The molecule has 11 heteroatoms. The molecule has 0 unspecified atom stereocenters. The highest BCUT2D eigenvalue weighted by Crippen LogP contribution is 2.23. The Morgan fingerprint density at radius 1 is 1.19 bits per heavy atom. The molecule has 0 atom stereocenters. The van der Waals surface area contributed by atoms with Crippen molar-refractivity contribution in [3.63, 3.8) is 0 Å². The molecule has 0 heterocycles. The molecule has 0 radical (unpaired) electrons. The van der Waals surface area contributed by atoms with Crippen LogP contribution in [0.2, 0.25) is 0 Å². The number of rotatable bonds is 4. The number of carbonyl (C=O) groups is 1. The summed E-state index contributed by atoms with van der Waals surface area (Å²) in [5.74, 6) is -4.27. The van der Waals surface area contributed by atoms with Gasteiger partial charge in [0.1, 0.15) is 16.5 Å². The largest absolute Gasteiger partial charge is 0.390 e. The molecule has 0 aromatic heterocycles. The number of hydrogen-bond donors (Lipinski definition) is 1. The van der Waals surface area contributed by atoms with E-state index in [4.69, 9.17) is 10.7 Å². The van der Waals surface area contributed by atoms with Gasteiger partial charge in [0.25, 0.3) is 15.0 Å². The molecule has 1 aromatic carbocycles. The van der Waals surface area contributed by atoms with Gasteiger partial charge in [-0.3, -0.25) is 4.79 Å². The second kappa shape index (κ2) is 6.14. The molecule has 118 valence electrons. The number of alkyl halides is 3. The molecule has 0 saturated carbocycles. The van der Waals surface area contributed by atoms with E-state index in [0.29, 0.717) is 6.07 Å². The van der Waals surface area contributed by atoms with E-state index in [-0.39, 0.29) is 6.07 Å². The summed E-state index contributed by atoms with van der Waals surface area (Å²) in [6.07, 6.45) is -5.89. The van der Waals surface area contributed by atoms with Crippen LogP contribution in [-0.2, 0) is 9.05 Å². The maximum atomic E-state index is 13.4. The lowest BCUT2D eigenvalue weighted by Gasteiger charge is -2.09. The molecule has 0 aliphatic heterocycles. The highest BCUT2D eigenvalue weighted by atomic mass is 35.7. The third-order valence-electron chi connectivity index (χ3n) is 2.22. The van der Waals surface area contributed by atoms with Crippen molar-refractivity contribution >= 4 is 25.6 Å². The van der Waals surface area contributed by atoms with Crippen LogP contribution in [0.5, 0.6) is 0 Å². The van der Waals surface area contributed by atoms with E-state index in [1.807, 2.05) is 0 Å². The number of amides is 1. The fourth-order valence-electron chi connectivity index (χ4n) is 1.30. The van der Waals surface area contributed by atoms with Gasteiger partial charge in [0.15, 0.2) is 0 Å². The van der Waals surface area contributed by atoms with Gasteiger partial charge in [-0.1, -0.05) is 0 Å². The van der Waals surface area contributed by atoms with Crippen LogP contribution in [-0.4, -0.2) is 27.0 Å². The van der Waals surface area contributed by atoms with Gasteiger partial charge in [-0.25, -0.2) is 17.2 Å². The third kappa shape index (κ3) is 5.12. The molecule has 4 nitrogen and oxygen atoms in total. The van der Waals surface area contributed by atoms with Crippen LogP contribution < -0.4 is 5.32 Å². The van der Waals surface area contributed by atoms with Gasteiger partial charge in [-0.05, 0) is 6.07 Å². The van der Waals surface area contributed by atoms with E-state index in [9.17, 15) is 35.2 Å². The fourth-order valence-corrected chi connectivity index (χ4v) is 2.21. The normalized spacial score (nSPS) is 12.3. The van der Waals surface area contributed by atoms with Crippen LogP contribution in [0.15, 0.2) is 17.0 Å². The van der Waals surface area contributed by atoms with Crippen LogP contribution in [0.1, 0.15) is 16.8 Å². The first kappa shape index (κ1) is 17.6. The Bertz CT molecular complexity index is 659. The molecule has 21 heavy (non-hydrogen) atoms. The predicted octanol–water partition coefficient (Wildman–Crippen LogP) is 2.57. The zero-order valence-corrected chi connectivity index (χ0v) is 11.5. The first-order valence-electron chi connectivity index (χ1n) is 5.20. The molecule has 0 bridgehead atoms. The zero-order valence-electron chi connectivity index (χ0n) is 9.97. The van der Waals surface area contributed by atoms with Gasteiger partial charge >= 0.3 is 6.18 Å². The number of hydrogen-bond acceptors (Lipinski definition) is 3. The van der Waals surface area contributed by atoms with Gasteiger partial charge in [-0.2, -0.15) is 13.2 Å². The number of nitrogens with one attached hydrogen (secondary N) is 1. The van der Waals surface area contributed by atoms with Gasteiger partial charge in [0, 0.05) is 23.3 Å². The summed E-state index contributed by atoms with van der Waals surface area (Å²) in [6, 6.07) is 0.420. The van der Waals surface area contributed by atoms with Crippen molar-refractivity contribution in [1.82, 2.24) is 5.32 Å². The van der Waals surface area contributed by atoms with E-state index in [0.717, 1.165) is 0 Å². The quantitative estimate of drug-likeness (QED) is 0.670. The topological polar surface area (TPSA) is 63.2 Å². The molecule has 1 aromatic rings. The average molecular weight is 352 g/mol. The highest BCUT2D eigenvalue weighted by molar-refractivity contribution is 8.13. The second-order valence-corrected chi connectivity index (χ2v) is 6.36. The van der Waals surface area contributed by atoms with Crippen LogP contribution in [0, 0.1) is 11.6 Å². The van der Waals surface area contributed by atoms with Crippen molar-refractivity contribution in [2.75, 3.05) is 6.54 Å². The highest BCUT2D eigenvalue weighted by Gasteiger charge is 2.27. The van der Waals surface area contributed by atoms with Crippen LogP contribution >= 0.6 is 10.7 Å². The third-order valence-corrected chi connectivity index (χ3v) is 3.56. The molecule has 0 aliphatic rings. The van der Waals surface area contributed by atoms with Gasteiger partial charge in [-0.15, -0.1) is 0 Å². The average Bonchev–Trinajstić information content (AvgIpc) is 2.24. The molecule has 0 saturated heterocycles. The predicted molar refractivity (Wildman–Crippen MR) is 62.4 cm³/mol. The zero-order chi connectivity index (χ0) is 16.4. The molecular weight excluding hydrogens is 345 g/mol. The smallest absolute Gasteiger partial charge is 0.352 e. The minimum Gasteiger partial charge on any atom is -0.352 e. The van der Waals surface area contributed by atoms with E-state index in [1.54, 1.807) is 5.32 Å². The monoisotopic (exact) mass is 351 g/mol. The van der Waals surface area contributed by atoms with Crippen molar-refractivity contribution in [1.29, 1.82) is 0 Å². The first-order chi connectivity index (χ1) is 9.42. The van der Waals surface area contributed by atoms with Gasteiger partial charge in [0.2, 0.25) is 0 Å². The standard InChI is InChI=1S/C10H7ClF5NO3S/c11-21(19,20)8-3-5(6(12)4-7(8)13)9(18)17-2-1-10(14,15)16/h3-4H,1-2H2,(H,17,18). The minimum atomic E-state index is -4.58. The Hall–Kier alpha value is -1.42. The number of benzene rings is 1. The fraction of sp³-hybridized carbons (Fsp3) is 0.300. The van der Waals surface area contributed by atoms with E-state index in [1.165, 1.54) is 0 Å². The van der Waals surface area contributed by atoms with Crippen molar-refractivity contribution in [2.45, 2.75) is 17.5 Å². The molecule has 1 N–H and O–H groups in total. The van der Waals surface area contributed by atoms with Gasteiger partial charge in [0.05, 0.1) is 12.0 Å². The van der Waals surface area contributed by atoms with E-state index < -0.39 is 56.2 Å². The SMILES string of the molecule is O=C(NCCC(F)(F)F)c1cc(S(=O)(=O)Cl)c(F)cc1F. The van der Waals surface area contributed by atoms with Crippen molar-refractivity contribution in [3.8, 4) is 0 Å². The van der Waals surface area contributed by atoms with E-state index >= 15 is 0 Å². The second-order valence-electron chi connectivity index (χ2n) is 3.82. The maximum absolute atomic E-state index is 13.4. The molecule has 1 rings (SSSR count). The number of halogens is 6. The Kier molecular flexibility index (Phi) is 5.16. The summed E-state index contributed by atoms with van der Waals surface area (Å²) in [4.78, 5) is 10.3.